The van der Waals surface area contributed by atoms with Gasteiger partial charge in [-0.1, -0.05) is 0 Å². The van der Waals surface area contributed by atoms with Gasteiger partial charge in [0.15, 0.2) is 0 Å². The molecule has 2 saturated heterocycles. The van der Waals surface area contributed by atoms with Crippen LogP contribution in [0, 0.1) is 11.8 Å². The van der Waals surface area contributed by atoms with Gasteiger partial charge in [0.25, 0.3) is 0 Å². The molecule has 0 bridgehead atoms. The molecule has 3 atom stereocenters. The maximum Gasteiger partial charge on any atom is 0.303 e. The SMILES string of the molecule is CC1CC(C(=O)N2CCC(CCC(=O)O)C2)CO1. The Morgan fingerprint density at radius 3 is 2.83 bits per heavy atom. The van der Waals surface area contributed by atoms with Crippen LogP contribution in [0.5, 0.6) is 0 Å². The second-order valence-electron chi connectivity index (χ2n) is 5.45. The predicted molar refractivity (Wildman–Crippen MR) is 65.1 cm³/mol. The van der Waals surface area contributed by atoms with Gasteiger partial charge in [0.2, 0.25) is 5.91 Å². The monoisotopic (exact) mass is 255 g/mol. The third-order valence-electron chi connectivity index (χ3n) is 3.91. The number of ether oxygens (including phenoxy) is 1. The topological polar surface area (TPSA) is 66.8 Å². The van der Waals surface area contributed by atoms with E-state index in [1.165, 1.54) is 0 Å². The fraction of sp³-hybridized carbons (Fsp3) is 0.846. The van der Waals surface area contributed by atoms with Gasteiger partial charge in [0.05, 0.1) is 18.6 Å². The Kier molecular flexibility index (Phi) is 4.22. The van der Waals surface area contributed by atoms with Gasteiger partial charge >= 0.3 is 5.97 Å². The highest BCUT2D eigenvalue weighted by molar-refractivity contribution is 5.79. The Labute approximate surface area is 107 Å². The summed E-state index contributed by atoms with van der Waals surface area (Å²) in [6.07, 6.45) is 2.81. The van der Waals surface area contributed by atoms with Crippen LogP contribution in [-0.2, 0) is 14.3 Å². The number of carboxylic acids is 1. The van der Waals surface area contributed by atoms with Crippen molar-refractivity contribution in [1.82, 2.24) is 4.90 Å². The molecule has 2 aliphatic heterocycles. The third-order valence-corrected chi connectivity index (χ3v) is 3.91. The van der Waals surface area contributed by atoms with Crippen LogP contribution in [0.15, 0.2) is 0 Å². The number of nitrogens with zero attached hydrogens (tertiary/aromatic N) is 1. The van der Waals surface area contributed by atoms with Gasteiger partial charge in [-0.15, -0.1) is 0 Å². The largest absolute Gasteiger partial charge is 0.481 e. The van der Waals surface area contributed by atoms with E-state index in [1.807, 2.05) is 11.8 Å². The molecule has 0 radical (unpaired) electrons. The first-order valence-corrected chi connectivity index (χ1v) is 6.68. The zero-order valence-electron chi connectivity index (χ0n) is 10.8. The number of rotatable bonds is 4. The summed E-state index contributed by atoms with van der Waals surface area (Å²) >= 11 is 0. The van der Waals surface area contributed by atoms with E-state index in [9.17, 15) is 9.59 Å². The van der Waals surface area contributed by atoms with Gasteiger partial charge in [-0.2, -0.15) is 0 Å². The van der Waals surface area contributed by atoms with Crippen molar-refractivity contribution in [3.05, 3.63) is 0 Å². The van der Waals surface area contributed by atoms with Crippen molar-refractivity contribution in [3.63, 3.8) is 0 Å². The van der Waals surface area contributed by atoms with Crippen molar-refractivity contribution in [2.75, 3.05) is 19.7 Å². The molecule has 0 aromatic rings. The minimum absolute atomic E-state index is 0.0122. The van der Waals surface area contributed by atoms with E-state index < -0.39 is 5.97 Å². The maximum absolute atomic E-state index is 12.2. The summed E-state index contributed by atoms with van der Waals surface area (Å²) in [6, 6.07) is 0. The van der Waals surface area contributed by atoms with Crippen molar-refractivity contribution in [3.8, 4) is 0 Å². The highest BCUT2D eigenvalue weighted by atomic mass is 16.5. The molecule has 2 fully saturated rings. The van der Waals surface area contributed by atoms with Gasteiger partial charge in [-0.3, -0.25) is 9.59 Å². The van der Waals surface area contributed by atoms with E-state index >= 15 is 0 Å². The summed E-state index contributed by atoms with van der Waals surface area (Å²) in [7, 11) is 0. The van der Waals surface area contributed by atoms with Gasteiger partial charge in [-0.25, -0.2) is 0 Å². The second kappa shape index (κ2) is 5.69. The minimum Gasteiger partial charge on any atom is -0.481 e. The quantitative estimate of drug-likeness (QED) is 0.817. The van der Waals surface area contributed by atoms with Gasteiger partial charge in [0, 0.05) is 19.5 Å². The molecule has 2 rings (SSSR count). The molecule has 3 unspecified atom stereocenters. The number of hydrogen-bond acceptors (Lipinski definition) is 3. The first kappa shape index (κ1) is 13.3. The summed E-state index contributed by atoms with van der Waals surface area (Å²) in [5, 5.41) is 8.65. The number of carboxylic acid groups (broad SMARTS) is 1. The van der Waals surface area contributed by atoms with E-state index in [2.05, 4.69) is 0 Å². The normalized spacial score (nSPS) is 31.8. The van der Waals surface area contributed by atoms with Gasteiger partial charge in [-0.05, 0) is 32.1 Å². The Hall–Kier alpha value is -1.10. The van der Waals surface area contributed by atoms with Crippen molar-refractivity contribution in [2.45, 2.75) is 38.7 Å². The van der Waals surface area contributed by atoms with Crippen molar-refractivity contribution >= 4 is 11.9 Å². The van der Waals surface area contributed by atoms with Crippen LogP contribution in [0.3, 0.4) is 0 Å². The lowest BCUT2D eigenvalue weighted by Crippen LogP contribution is -2.34. The predicted octanol–water partition coefficient (Wildman–Crippen LogP) is 1.12. The molecule has 0 aliphatic carbocycles. The summed E-state index contributed by atoms with van der Waals surface area (Å²) in [5.41, 5.74) is 0. The van der Waals surface area contributed by atoms with E-state index in [1.54, 1.807) is 0 Å². The van der Waals surface area contributed by atoms with Crippen LogP contribution in [0.2, 0.25) is 0 Å². The molecule has 0 aromatic carbocycles. The first-order valence-electron chi connectivity index (χ1n) is 6.68. The molecular formula is C13H21NO4. The summed E-state index contributed by atoms with van der Waals surface area (Å²) in [4.78, 5) is 24.6. The van der Waals surface area contributed by atoms with Crippen molar-refractivity contribution in [1.29, 1.82) is 0 Å². The Balaban J connectivity index is 1.77. The molecule has 18 heavy (non-hydrogen) atoms. The molecule has 1 amide bonds. The van der Waals surface area contributed by atoms with Crippen LogP contribution in [0.25, 0.3) is 0 Å². The van der Waals surface area contributed by atoms with Crippen LogP contribution < -0.4 is 0 Å². The average molecular weight is 255 g/mol. The Morgan fingerprint density at radius 2 is 2.22 bits per heavy atom. The van der Waals surface area contributed by atoms with Crippen LogP contribution in [0.1, 0.15) is 32.6 Å². The smallest absolute Gasteiger partial charge is 0.303 e. The highest BCUT2D eigenvalue weighted by Crippen LogP contribution is 2.26. The Morgan fingerprint density at radius 1 is 1.44 bits per heavy atom. The second-order valence-corrected chi connectivity index (χ2v) is 5.45. The van der Waals surface area contributed by atoms with E-state index in [4.69, 9.17) is 9.84 Å². The molecule has 2 heterocycles. The third kappa shape index (κ3) is 3.22. The van der Waals surface area contributed by atoms with Crippen molar-refractivity contribution < 1.29 is 19.4 Å². The standard InChI is InChI=1S/C13H21NO4/c1-9-6-11(8-18-9)13(17)14-5-4-10(7-14)2-3-12(15)16/h9-11H,2-8H2,1H3,(H,15,16). The molecule has 0 spiro atoms. The highest BCUT2D eigenvalue weighted by Gasteiger charge is 2.34. The van der Waals surface area contributed by atoms with Crippen LogP contribution in [-0.4, -0.2) is 47.7 Å². The van der Waals surface area contributed by atoms with E-state index in [0.29, 0.717) is 18.9 Å². The van der Waals surface area contributed by atoms with Gasteiger partial charge in [0.1, 0.15) is 0 Å². The molecular weight excluding hydrogens is 234 g/mol. The molecule has 5 nitrogen and oxygen atoms in total. The Bertz CT molecular complexity index is 331. The molecule has 0 saturated carbocycles. The lowest BCUT2D eigenvalue weighted by atomic mass is 10.0. The number of likely N-dealkylation sites (tertiary alicyclic amines) is 1. The molecule has 1 N–H and O–H groups in total. The zero-order chi connectivity index (χ0) is 13.1. The fourth-order valence-corrected chi connectivity index (χ4v) is 2.84. The lowest BCUT2D eigenvalue weighted by molar-refractivity contribution is -0.137. The zero-order valence-corrected chi connectivity index (χ0v) is 10.8. The van der Waals surface area contributed by atoms with Crippen LogP contribution in [0.4, 0.5) is 0 Å². The maximum atomic E-state index is 12.2. The molecule has 2 aliphatic rings. The van der Waals surface area contributed by atoms with Crippen LogP contribution >= 0.6 is 0 Å². The fourth-order valence-electron chi connectivity index (χ4n) is 2.84. The molecule has 0 aromatic heterocycles. The first-order chi connectivity index (χ1) is 8.56. The molecule has 5 heteroatoms. The molecule has 102 valence electrons. The number of amides is 1. The number of carbonyl (C=O) groups excluding carboxylic acids is 1. The number of aliphatic carboxylic acids is 1. The summed E-state index contributed by atoms with van der Waals surface area (Å²) in [6.45, 7) is 4.02. The minimum atomic E-state index is -0.752. The van der Waals surface area contributed by atoms with Gasteiger partial charge < -0.3 is 14.7 Å². The van der Waals surface area contributed by atoms with E-state index in [-0.39, 0.29) is 24.3 Å². The van der Waals surface area contributed by atoms with Crippen molar-refractivity contribution in [2.24, 2.45) is 11.8 Å². The average Bonchev–Trinajstić information content (AvgIpc) is 2.94. The lowest BCUT2D eigenvalue weighted by Gasteiger charge is -2.19. The summed E-state index contributed by atoms with van der Waals surface area (Å²) in [5.74, 6) is -0.196. The number of carbonyl (C=O) groups is 2. The number of hydrogen-bond donors (Lipinski definition) is 1. The summed E-state index contributed by atoms with van der Waals surface area (Å²) < 4.78 is 5.43. The van der Waals surface area contributed by atoms with E-state index in [0.717, 1.165) is 25.9 Å².